The summed E-state index contributed by atoms with van der Waals surface area (Å²) in [5.41, 5.74) is 3.08. The van der Waals surface area contributed by atoms with Crippen LogP contribution >= 0.6 is 0 Å². The zero-order valence-corrected chi connectivity index (χ0v) is 14.7. The molecule has 134 valence electrons. The number of hydrogen-bond acceptors (Lipinski definition) is 6. The maximum Gasteiger partial charge on any atom is 0.130 e. The van der Waals surface area contributed by atoms with Crippen molar-refractivity contribution in [1.82, 2.24) is 24.6 Å². The fourth-order valence-electron chi connectivity index (χ4n) is 3.09. The van der Waals surface area contributed by atoms with Crippen molar-refractivity contribution in [2.24, 2.45) is 7.05 Å². The topological polar surface area (TPSA) is 68.1 Å². The van der Waals surface area contributed by atoms with E-state index in [-0.39, 0.29) is 6.10 Å². The van der Waals surface area contributed by atoms with E-state index in [0.717, 1.165) is 36.8 Å². The lowest BCUT2D eigenvalue weighted by atomic mass is 10.1. The van der Waals surface area contributed by atoms with Crippen LogP contribution in [0.15, 0.2) is 55.1 Å². The first-order valence-corrected chi connectivity index (χ1v) is 8.72. The maximum absolute atomic E-state index is 5.94. The fourth-order valence-corrected chi connectivity index (χ4v) is 3.09. The summed E-state index contributed by atoms with van der Waals surface area (Å²) in [4.78, 5) is 11.2. The van der Waals surface area contributed by atoms with Crippen LogP contribution in [0.4, 0.5) is 11.5 Å². The molecule has 0 saturated carbocycles. The van der Waals surface area contributed by atoms with Crippen LogP contribution in [-0.4, -0.2) is 44.3 Å². The summed E-state index contributed by atoms with van der Waals surface area (Å²) in [6, 6.07) is 9.80. The minimum atomic E-state index is -0.00989. The molecule has 1 aliphatic heterocycles. The SMILES string of the molecule is Cn1cc(CN2CCO[C@H](c3ccc(Nc4ccccn4)cn3)C2)cn1. The molecule has 7 heteroatoms. The van der Waals surface area contributed by atoms with Gasteiger partial charge in [0.15, 0.2) is 0 Å². The molecule has 4 heterocycles. The number of morpholine rings is 1. The first-order valence-electron chi connectivity index (χ1n) is 8.72. The van der Waals surface area contributed by atoms with Crippen molar-refractivity contribution in [3.8, 4) is 0 Å². The lowest BCUT2D eigenvalue weighted by molar-refractivity contribution is -0.0349. The Kier molecular flexibility index (Phi) is 4.90. The number of aryl methyl sites for hydroxylation is 1. The molecule has 0 aromatic carbocycles. The Morgan fingerprint density at radius 2 is 2.15 bits per heavy atom. The van der Waals surface area contributed by atoms with Crippen molar-refractivity contribution in [3.05, 3.63) is 66.4 Å². The van der Waals surface area contributed by atoms with E-state index in [0.29, 0.717) is 6.61 Å². The van der Waals surface area contributed by atoms with Gasteiger partial charge in [0.1, 0.15) is 11.9 Å². The Morgan fingerprint density at radius 1 is 1.19 bits per heavy atom. The van der Waals surface area contributed by atoms with E-state index in [9.17, 15) is 0 Å². The van der Waals surface area contributed by atoms with Gasteiger partial charge in [-0.15, -0.1) is 0 Å². The number of ether oxygens (including phenoxy) is 1. The third-order valence-corrected chi connectivity index (χ3v) is 4.37. The molecule has 3 aromatic heterocycles. The van der Waals surface area contributed by atoms with Crippen molar-refractivity contribution in [2.45, 2.75) is 12.6 Å². The van der Waals surface area contributed by atoms with E-state index in [4.69, 9.17) is 4.74 Å². The number of hydrogen-bond donors (Lipinski definition) is 1. The van der Waals surface area contributed by atoms with E-state index < -0.39 is 0 Å². The Morgan fingerprint density at radius 3 is 2.88 bits per heavy atom. The molecule has 0 radical (unpaired) electrons. The van der Waals surface area contributed by atoms with Gasteiger partial charge in [0, 0.05) is 44.6 Å². The van der Waals surface area contributed by atoms with Crippen molar-refractivity contribution in [2.75, 3.05) is 25.0 Å². The molecular formula is C19H22N6O. The highest BCUT2D eigenvalue weighted by Crippen LogP contribution is 2.23. The first kappa shape index (κ1) is 16.7. The lowest BCUT2D eigenvalue weighted by Crippen LogP contribution is -2.38. The van der Waals surface area contributed by atoms with Gasteiger partial charge in [0.05, 0.1) is 30.4 Å². The Bertz CT molecular complexity index is 833. The van der Waals surface area contributed by atoms with Crippen LogP contribution in [-0.2, 0) is 18.3 Å². The largest absolute Gasteiger partial charge is 0.369 e. The number of anilines is 2. The predicted molar refractivity (Wildman–Crippen MR) is 98.9 cm³/mol. The number of nitrogens with zero attached hydrogens (tertiary/aromatic N) is 5. The van der Waals surface area contributed by atoms with E-state index in [2.05, 4.69) is 31.5 Å². The third-order valence-electron chi connectivity index (χ3n) is 4.37. The minimum absolute atomic E-state index is 0.00989. The van der Waals surface area contributed by atoms with Gasteiger partial charge in [-0.25, -0.2) is 4.98 Å². The number of rotatable bonds is 5. The molecule has 26 heavy (non-hydrogen) atoms. The Balaban J connectivity index is 1.38. The highest BCUT2D eigenvalue weighted by atomic mass is 16.5. The van der Waals surface area contributed by atoms with E-state index in [1.54, 1.807) is 6.20 Å². The molecule has 1 fully saturated rings. The summed E-state index contributed by atoms with van der Waals surface area (Å²) in [6.45, 7) is 3.34. The van der Waals surface area contributed by atoms with Gasteiger partial charge >= 0.3 is 0 Å². The smallest absolute Gasteiger partial charge is 0.130 e. The molecule has 1 atom stereocenters. The normalized spacial score (nSPS) is 18.0. The summed E-state index contributed by atoms with van der Waals surface area (Å²) < 4.78 is 7.77. The molecule has 0 aliphatic carbocycles. The second-order valence-corrected chi connectivity index (χ2v) is 6.43. The summed E-state index contributed by atoms with van der Waals surface area (Å²) in [7, 11) is 1.94. The Labute approximate surface area is 152 Å². The van der Waals surface area contributed by atoms with Gasteiger partial charge in [-0.3, -0.25) is 14.6 Å². The van der Waals surface area contributed by atoms with Gasteiger partial charge in [-0.1, -0.05) is 6.07 Å². The molecule has 7 nitrogen and oxygen atoms in total. The minimum Gasteiger partial charge on any atom is -0.369 e. The van der Waals surface area contributed by atoms with Crippen molar-refractivity contribution >= 4 is 11.5 Å². The first-order chi connectivity index (χ1) is 12.8. The van der Waals surface area contributed by atoms with Crippen molar-refractivity contribution in [3.63, 3.8) is 0 Å². The van der Waals surface area contributed by atoms with Gasteiger partial charge in [0.2, 0.25) is 0 Å². The predicted octanol–water partition coefficient (Wildman–Crippen LogP) is 2.53. The summed E-state index contributed by atoms with van der Waals surface area (Å²) >= 11 is 0. The average molecular weight is 350 g/mol. The maximum atomic E-state index is 5.94. The quantitative estimate of drug-likeness (QED) is 0.763. The van der Waals surface area contributed by atoms with E-state index in [1.165, 1.54) is 5.56 Å². The number of aromatic nitrogens is 4. The zero-order chi connectivity index (χ0) is 17.8. The standard InChI is InChI=1S/C19H22N6O/c1-24-12-15(10-22-24)13-25-8-9-26-18(14-25)17-6-5-16(11-21-17)23-19-4-2-3-7-20-19/h2-7,10-12,18H,8-9,13-14H2,1H3,(H,20,23)/t18-/m0/s1. The summed E-state index contributed by atoms with van der Waals surface area (Å²) in [6.07, 6.45) is 7.55. The molecule has 1 saturated heterocycles. The van der Waals surface area contributed by atoms with Crippen LogP contribution < -0.4 is 5.32 Å². The van der Waals surface area contributed by atoms with Crippen LogP contribution in [0.25, 0.3) is 0 Å². The van der Waals surface area contributed by atoms with Crippen LogP contribution in [0.1, 0.15) is 17.4 Å². The van der Waals surface area contributed by atoms with Gasteiger partial charge in [-0.05, 0) is 24.3 Å². The molecule has 4 rings (SSSR count). The second-order valence-electron chi connectivity index (χ2n) is 6.43. The molecule has 0 amide bonds. The monoisotopic (exact) mass is 350 g/mol. The molecule has 0 bridgehead atoms. The lowest BCUT2D eigenvalue weighted by Gasteiger charge is -2.32. The number of pyridine rings is 2. The van der Waals surface area contributed by atoms with Crippen molar-refractivity contribution in [1.29, 1.82) is 0 Å². The average Bonchev–Trinajstić information content (AvgIpc) is 3.08. The van der Waals surface area contributed by atoms with Crippen molar-refractivity contribution < 1.29 is 4.74 Å². The van der Waals surface area contributed by atoms with Crippen LogP contribution in [0.2, 0.25) is 0 Å². The number of nitrogens with one attached hydrogen (secondary N) is 1. The summed E-state index contributed by atoms with van der Waals surface area (Å²) in [5.74, 6) is 0.804. The van der Waals surface area contributed by atoms with Crippen LogP contribution in [0.5, 0.6) is 0 Å². The van der Waals surface area contributed by atoms with Crippen LogP contribution in [0, 0.1) is 0 Å². The van der Waals surface area contributed by atoms with Gasteiger partial charge < -0.3 is 10.1 Å². The van der Waals surface area contributed by atoms with Crippen LogP contribution in [0.3, 0.4) is 0 Å². The van der Waals surface area contributed by atoms with Gasteiger partial charge in [0.25, 0.3) is 0 Å². The third kappa shape index (κ3) is 4.07. The molecule has 1 N–H and O–H groups in total. The highest BCUT2D eigenvalue weighted by molar-refractivity contribution is 5.54. The highest BCUT2D eigenvalue weighted by Gasteiger charge is 2.23. The molecule has 0 unspecified atom stereocenters. The molecular weight excluding hydrogens is 328 g/mol. The molecule has 0 spiro atoms. The van der Waals surface area contributed by atoms with Gasteiger partial charge in [-0.2, -0.15) is 5.10 Å². The zero-order valence-electron chi connectivity index (χ0n) is 14.7. The van der Waals surface area contributed by atoms with E-state index in [1.807, 2.05) is 54.5 Å². The Hall–Kier alpha value is -2.77. The summed E-state index contributed by atoms with van der Waals surface area (Å²) in [5, 5.41) is 7.48. The fraction of sp³-hybridized carbons (Fsp3) is 0.316. The second kappa shape index (κ2) is 7.63. The van der Waals surface area contributed by atoms with E-state index >= 15 is 0 Å². The molecule has 1 aliphatic rings. The molecule has 3 aromatic rings.